The van der Waals surface area contributed by atoms with Gasteiger partial charge in [0.15, 0.2) is 0 Å². The van der Waals surface area contributed by atoms with Crippen molar-refractivity contribution in [3.05, 3.63) is 0 Å². The highest BCUT2D eigenvalue weighted by Gasteiger charge is 2.19. The zero-order valence-electron chi connectivity index (χ0n) is 20.8. The van der Waals surface area contributed by atoms with Crippen LogP contribution >= 0.6 is 58.0 Å². The van der Waals surface area contributed by atoms with Crippen molar-refractivity contribution < 1.29 is 9.53 Å². The fourth-order valence-corrected chi connectivity index (χ4v) is 5.15. The Labute approximate surface area is 229 Å². The monoisotopic (exact) mass is 566 g/mol. The van der Waals surface area contributed by atoms with E-state index in [9.17, 15) is 4.79 Å². The number of carbonyl (C=O) groups is 1. The normalized spacial score (nSPS) is 16.2. The van der Waals surface area contributed by atoms with Crippen LogP contribution in [0.25, 0.3) is 0 Å². The Kier molecular flexibility index (Phi) is 24.0. The molecule has 198 valence electrons. The van der Waals surface area contributed by atoms with Gasteiger partial charge in [-0.3, -0.25) is 4.79 Å². The molecule has 0 aliphatic heterocycles. The zero-order chi connectivity index (χ0) is 24.9. The van der Waals surface area contributed by atoms with Crippen molar-refractivity contribution in [2.75, 3.05) is 6.61 Å². The highest BCUT2D eigenvalue weighted by Crippen LogP contribution is 2.26. The molecule has 0 aliphatic carbocycles. The van der Waals surface area contributed by atoms with Gasteiger partial charge in [0.1, 0.15) is 0 Å². The maximum atomic E-state index is 11.9. The van der Waals surface area contributed by atoms with Gasteiger partial charge in [-0.15, -0.1) is 58.0 Å². The number of hydrogen-bond acceptors (Lipinski definition) is 2. The largest absolute Gasteiger partial charge is 0.466 e. The molecule has 0 saturated heterocycles. The maximum absolute atomic E-state index is 11.9. The van der Waals surface area contributed by atoms with Crippen LogP contribution in [0.3, 0.4) is 0 Å². The van der Waals surface area contributed by atoms with Crippen LogP contribution in [-0.4, -0.2) is 39.5 Å². The molecule has 0 aromatic heterocycles. The predicted molar refractivity (Wildman–Crippen MR) is 149 cm³/mol. The molecule has 0 radical (unpaired) electrons. The van der Waals surface area contributed by atoms with Crippen molar-refractivity contribution in [3.8, 4) is 0 Å². The van der Waals surface area contributed by atoms with Gasteiger partial charge in [0.2, 0.25) is 0 Å². The number of alkyl halides is 5. The summed E-state index contributed by atoms with van der Waals surface area (Å²) in [7, 11) is 0. The first-order valence-electron chi connectivity index (χ1n) is 13.2. The van der Waals surface area contributed by atoms with Crippen molar-refractivity contribution >= 4 is 64.0 Å². The van der Waals surface area contributed by atoms with Gasteiger partial charge in [-0.2, -0.15) is 0 Å². The molecule has 7 heteroatoms. The molecule has 0 aliphatic rings. The molecule has 0 aromatic carbocycles. The highest BCUT2D eigenvalue weighted by atomic mass is 35.5. The summed E-state index contributed by atoms with van der Waals surface area (Å²) in [5.74, 6) is -0.154. The number of rotatable bonds is 23. The Morgan fingerprint density at radius 3 is 1.88 bits per heavy atom. The highest BCUT2D eigenvalue weighted by molar-refractivity contribution is 6.30. The Morgan fingerprint density at radius 1 is 0.636 bits per heavy atom. The first-order chi connectivity index (χ1) is 15.8. The van der Waals surface area contributed by atoms with Crippen molar-refractivity contribution in [2.45, 2.75) is 150 Å². The minimum atomic E-state index is -0.154. The van der Waals surface area contributed by atoms with Crippen LogP contribution in [-0.2, 0) is 9.53 Å². The lowest BCUT2D eigenvalue weighted by Gasteiger charge is -2.18. The zero-order valence-corrected chi connectivity index (χ0v) is 24.6. The third kappa shape index (κ3) is 21.9. The second-order valence-corrected chi connectivity index (χ2v) is 12.2. The van der Waals surface area contributed by atoms with Crippen LogP contribution < -0.4 is 0 Å². The van der Waals surface area contributed by atoms with Crippen LogP contribution in [0, 0.1) is 0 Å². The Hall–Kier alpha value is 0.920. The first-order valence-corrected chi connectivity index (χ1v) is 15.3. The second-order valence-electron chi connectivity index (χ2n) is 9.21. The number of esters is 1. The van der Waals surface area contributed by atoms with Crippen LogP contribution in [0.2, 0.25) is 0 Å². The van der Waals surface area contributed by atoms with Crippen LogP contribution in [0.5, 0.6) is 0 Å². The molecule has 0 fully saturated rings. The van der Waals surface area contributed by atoms with E-state index in [-0.39, 0.29) is 32.9 Å². The van der Waals surface area contributed by atoms with E-state index < -0.39 is 0 Å². The average molecular weight is 569 g/mol. The molecule has 2 nitrogen and oxygen atoms in total. The minimum Gasteiger partial charge on any atom is -0.466 e. The third-order valence-electron chi connectivity index (χ3n) is 6.02. The number of ether oxygens (including phenoxy) is 1. The lowest BCUT2D eigenvalue weighted by Crippen LogP contribution is -2.18. The Balaban J connectivity index is 3.71. The fraction of sp³-hybridized carbons (Fsp3) is 0.962. The quantitative estimate of drug-likeness (QED) is 0.0696. The van der Waals surface area contributed by atoms with Crippen molar-refractivity contribution in [3.63, 3.8) is 0 Å². The van der Waals surface area contributed by atoms with E-state index in [1.54, 1.807) is 0 Å². The third-order valence-corrected chi connectivity index (χ3v) is 8.52. The van der Waals surface area contributed by atoms with Gasteiger partial charge in [0.05, 0.1) is 6.61 Å². The smallest absolute Gasteiger partial charge is 0.305 e. The average Bonchev–Trinajstić information content (AvgIpc) is 2.79. The van der Waals surface area contributed by atoms with Gasteiger partial charge in [-0.25, -0.2) is 0 Å². The maximum Gasteiger partial charge on any atom is 0.305 e. The Bertz CT molecular complexity index is 452. The van der Waals surface area contributed by atoms with E-state index in [0.29, 0.717) is 19.4 Å². The molecule has 5 unspecified atom stereocenters. The summed E-state index contributed by atoms with van der Waals surface area (Å²) in [6, 6.07) is 0. The van der Waals surface area contributed by atoms with E-state index in [1.807, 2.05) is 0 Å². The standard InChI is InChI=1S/C26H47Cl5O2/c1-3-5-6-7-8-9-10-11-19-33-26(32)18-16-22(28)15-17-25(31)24(30)14-12-13-23(29)20-21(27)4-2/h21-25H,3-20H2,1-2H3. The SMILES string of the molecule is CCCCCCCCCCOC(=O)CCC(Cl)CCC(Cl)C(Cl)CCCC(Cl)CC(Cl)CC. The summed E-state index contributed by atoms with van der Waals surface area (Å²) < 4.78 is 5.33. The van der Waals surface area contributed by atoms with Gasteiger partial charge in [0, 0.05) is 33.3 Å². The molecule has 0 rings (SSSR count). The van der Waals surface area contributed by atoms with Crippen molar-refractivity contribution in [1.29, 1.82) is 0 Å². The topological polar surface area (TPSA) is 26.3 Å². The van der Waals surface area contributed by atoms with Crippen molar-refractivity contribution in [1.82, 2.24) is 0 Å². The van der Waals surface area contributed by atoms with Crippen LogP contribution in [0.4, 0.5) is 0 Å². The number of carbonyl (C=O) groups excluding carboxylic acids is 1. The molecule has 33 heavy (non-hydrogen) atoms. The van der Waals surface area contributed by atoms with E-state index >= 15 is 0 Å². The molecular formula is C26H47Cl5O2. The number of halogens is 5. The summed E-state index contributed by atoms with van der Waals surface area (Å²) in [6.45, 7) is 4.82. The summed E-state index contributed by atoms with van der Waals surface area (Å²) in [6.07, 6.45) is 16.7. The molecule has 0 heterocycles. The molecule has 0 amide bonds. The van der Waals surface area contributed by atoms with Gasteiger partial charge in [-0.05, 0) is 51.4 Å². The van der Waals surface area contributed by atoms with E-state index in [0.717, 1.165) is 57.8 Å². The fourth-order valence-electron chi connectivity index (χ4n) is 3.71. The summed E-state index contributed by atoms with van der Waals surface area (Å²) in [4.78, 5) is 11.9. The predicted octanol–water partition coefficient (Wildman–Crippen LogP) is 10.2. The lowest BCUT2D eigenvalue weighted by atomic mass is 10.0. The molecule has 5 atom stereocenters. The van der Waals surface area contributed by atoms with Gasteiger partial charge in [0.25, 0.3) is 0 Å². The summed E-state index contributed by atoms with van der Waals surface area (Å²) in [5, 5.41) is -0.0931. The first kappa shape index (κ1) is 33.9. The minimum absolute atomic E-state index is 0.0901. The Morgan fingerprint density at radius 2 is 1.24 bits per heavy atom. The number of hydrogen-bond donors (Lipinski definition) is 0. The molecule has 0 N–H and O–H groups in total. The van der Waals surface area contributed by atoms with Crippen molar-refractivity contribution in [2.24, 2.45) is 0 Å². The number of unbranched alkanes of at least 4 members (excludes halogenated alkanes) is 7. The molecule has 0 aromatic rings. The van der Waals surface area contributed by atoms with Crippen LogP contribution in [0.15, 0.2) is 0 Å². The van der Waals surface area contributed by atoms with Gasteiger partial charge < -0.3 is 4.74 Å². The van der Waals surface area contributed by atoms with E-state index in [4.69, 9.17) is 62.7 Å². The van der Waals surface area contributed by atoms with E-state index in [2.05, 4.69) is 13.8 Å². The summed E-state index contributed by atoms with van der Waals surface area (Å²) >= 11 is 31.8. The molecule has 0 saturated carbocycles. The van der Waals surface area contributed by atoms with E-state index in [1.165, 1.54) is 38.5 Å². The molecular weight excluding hydrogens is 522 g/mol. The molecule has 0 bridgehead atoms. The summed E-state index contributed by atoms with van der Waals surface area (Å²) in [5.41, 5.74) is 0. The molecule has 0 spiro atoms. The van der Waals surface area contributed by atoms with Gasteiger partial charge in [-0.1, -0.05) is 65.2 Å². The van der Waals surface area contributed by atoms with Gasteiger partial charge >= 0.3 is 5.97 Å². The lowest BCUT2D eigenvalue weighted by molar-refractivity contribution is -0.143. The van der Waals surface area contributed by atoms with Crippen LogP contribution in [0.1, 0.15) is 123 Å². The second kappa shape index (κ2) is 23.3.